The third-order valence-electron chi connectivity index (χ3n) is 2.95. The van der Waals surface area contributed by atoms with Crippen molar-refractivity contribution in [1.29, 1.82) is 0 Å². The molecule has 0 aromatic rings. The van der Waals surface area contributed by atoms with Gasteiger partial charge in [0.2, 0.25) is 0 Å². The zero-order chi connectivity index (χ0) is 9.19. The molecule has 0 saturated heterocycles. The van der Waals surface area contributed by atoms with Crippen LogP contribution < -0.4 is 0 Å². The van der Waals surface area contributed by atoms with Gasteiger partial charge in [0.1, 0.15) is 0 Å². The molecule has 0 heterocycles. The van der Waals surface area contributed by atoms with Crippen LogP contribution in [-0.4, -0.2) is 36.2 Å². The molecule has 0 amide bonds. The van der Waals surface area contributed by atoms with Crippen molar-refractivity contribution in [2.45, 2.75) is 38.2 Å². The Balaban J connectivity index is 2.48. The molecule has 0 aromatic carbocycles. The Hall–Kier alpha value is -0.0800. The lowest BCUT2D eigenvalue weighted by molar-refractivity contribution is -0.0398. The Bertz CT molecular complexity index is 143. The van der Waals surface area contributed by atoms with Gasteiger partial charge in [0.05, 0.1) is 5.60 Å². The van der Waals surface area contributed by atoms with Gasteiger partial charge in [-0.1, -0.05) is 12.8 Å². The monoisotopic (exact) mass is 171 g/mol. The van der Waals surface area contributed by atoms with Crippen LogP contribution in [0, 0.1) is 5.92 Å². The second kappa shape index (κ2) is 3.75. The van der Waals surface area contributed by atoms with Crippen molar-refractivity contribution in [1.82, 2.24) is 4.90 Å². The minimum atomic E-state index is -0.414. The van der Waals surface area contributed by atoms with Gasteiger partial charge in [-0.05, 0) is 33.9 Å². The molecule has 1 N–H and O–H groups in total. The number of hydrogen-bond donors (Lipinski definition) is 1. The minimum Gasteiger partial charge on any atom is -0.390 e. The molecule has 72 valence electrons. The molecule has 1 rings (SSSR count). The van der Waals surface area contributed by atoms with Crippen LogP contribution in [-0.2, 0) is 0 Å². The van der Waals surface area contributed by atoms with Crippen LogP contribution in [0.3, 0.4) is 0 Å². The van der Waals surface area contributed by atoms with Crippen LogP contribution in [0.1, 0.15) is 32.6 Å². The van der Waals surface area contributed by atoms with Gasteiger partial charge in [0, 0.05) is 12.5 Å². The normalized spacial score (nSPS) is 37.2. The summed E-state index contributed by atoms with van der Waals surface area (Å²) in [5.74, 6) is 0.473. The highest BCUT2D eigenvalue weighted by molar-refractivity contribution is 4.86. The van der Waals surface area contributed by atoms with E-state index in [0.29, 0.717) is 5.92 Å². The molecule has 0 bridgehead atoms. The second-order valence-electron chi connectivity index (χ2n) is 4.56. The standard InChI is InChI=1S/C10H21NO/c1-10(12)7-5-4-6-9(10)8-11(2)3/h9,12H,4-8H2,1-3H3/t9-,10-/m1/s1. The fourth-order valence-electron chi connectivity index (χ4n) is 2.12. The van der Waals surface area contributed by atoms with Crippen molar-refractivity contribution in [3.63, 3.8) is 0 Å². The molecule has 1 aliphatic rings. The summed E-state index contributed by atoms with van der Waals surface area (Å²) in [5, 5.41) is 10.1. The summed E-state index contributed by atoms with van der Waals surface area (Å²) in [7, 11) is 4.15. The molecule has 2 heteroatoms. The lowest BCUT2D eigenvalue weighted by atomic mass is 9.76. The van der Waals surface area contributed by atoms with E-state index in [9.17, 15) is 5.11 Å². The van der Waals surface area contributed by atoms with Crippen molar-refractivity contribution in [2.24, 2.45) is 5.92 Å². The van der Waals surface area contributed by atoms with E-state index >= 15 is 0 Å². The highest BCUT2D eigenvalue weighted by Crippen LogP contribution is 2.33. The minimum absolute atomic E-state index is 0.414. The van der Waals surface area contributed by atoms with Crippen molar-refractivity contribution < 1.29 is 5.11 Å². The van der Waals surface area contributed by atoms with Crippen LogP contribution >= 0.6 is 0 Å². The fourth-order valence-corrected chi connectivity index (χ4v) is 2.12. The summed E-state index contributed by atoms with van der Waals surface area (Å²) in [6.45, 7) is 3.01. The summed E-state index contributed by atoms with van der Waals surface area (Å²) < 4.78 is 0. The average Bonchev–Trinajstić information content (AvgIpc) is 1.92. The molecule has 0 aliphatic heterocycles. The van der Waals surface area contributed by atoms with Gasteiger partial charge in [-0.2, -0.15) is 0 Å². The van der Waals surface area contributed by atoms with Crippen LogP contribution in [0.5, 0.6) is 0 Å². The first kappa shape index (κ1) is 10.0. The third-order valence-corrected chi connectivity index (χ3v) is 2.95. The number of aliphatic hydroxyl groups is 1. The van der Waals surface area contributed by atoms with Crippen LogP contribution in [0.2, 0.25) is 0 Å². The van der Waals surface area contributed by atoms with Crippen molar-refractivity contribution in [3.8, 4) is 0 Å². The summed E-state index contributed by atoms with van der Waals surface area (Å²) >= 11 is 0. The SMILES string of the molecule is CN(C)C[C@H]1CCCC[C@@]1(C)O. The number of rotatable bonds is 2. The summed E-state index contributed by atoms with van der Waals surface area (Å²) in [6, 6.07) is 0. The lowest BCUT2D eigenvalue weighted by Gasteiger charge is -2.38. The van der Waals surface area contributed by atoms with Gasteiger partial charge in [-0.3, -0.25) is 0 Å². The number of nitrogens with zero attached hydrogens (tertiary/aromatic N) is 1. The quantitative estimate of drug-likeness (QED) is 0.680. The Morgan fingerprint density at radius 1 is 1.42 bits per heavy atom. The zero-order valence-electron chi connectivity index (χ0n) is 8.51. The molecular formula is C10H21NO. The first-order valence-electron chi connectivity index (χ1n) is 4.89. The van der Waals surface area contributed by atoms with Crippen LogP contribution in [0.25, 0.3) is 0 Å². The highest BCUT2D eigenvalue weighted by Gasteiger charge is 2.34. The van der Waals surface area contributed by atoms with E-state index in [4.69, 9.17) is 0 Å². The fraction of sp³-hybridized carbons (Fsp3) is 1.00. The van der Waals surface area contributed by atoms with E-state index in [-0.39, 0.29) is 0 Å². The molecule has 1 fully saturated rings. The van der Waals surface area contributed by atoms with Crippen molar-refractivity contribution in [3.05, 3.63) is 0 Å². The van der Waals surface area contributed by atoms with Crippen molar-refractivity contribution in [2.75, 3.05) is 20.6 Å². The van der Waals surface area contributed by atoms with E-state index in [1.54, 1.807) is 0 Å². The maximum atomic E-state index is 10.1. The molecule has 0 spiro atoms. The molecular weight excluding hydrogens is 150 g/mol. The largest absolute Gasteiger partial charge is 0.390 e. The first-order valence-corrected chi connectivity index (χ1v) is 4.89. The molecule has 0 aromatic heterocycles. The molecule has 2 atom stereocenters. The van der Waals surface area contributed by atoms with Gasteiger partial charge in [0.15, 0.2) is 0 Å². The summed E-state index contributed by atoms with van der Waals surface area (Å²) in [4.78, 5) is 2.17. The summed E-state index contributed by atoms with van der Waals surface area (Å²) in [6.07, 6.45) is 4.64. The van der Waals surface area contributed by atoms with Crippen molar-refractivity contribution >= 4 is 0 Å². The predicted octanol–water partition coefficient (Wildman–Crippen LogP) is 1.49. The predicted molar refractivity (Wildman–Crippen MR) is 51.1 cm³/mol. The van der Waals surface area contributed by atoms with Crippen LogP contribution in [0.15, 0.2) is 0 Å². The molecule has 1 saturated carbocycles. The van der Waals surface area contributed by atoms with E-state index in [1.807, 2.05) is 6.92 Å². The molecule has 1 aliphatic carbocycles. The molecule has 2 nitrogen and oxygen atoms in total. The van der Waals surface area contributed by atoms with Gasteiger partial charge in [-0.15, -0.1) is 0 Å². The van der Waals surface area contributed by atoms with Crippen LogP contribution in [0.4, 0.5) is 0 Å². The van der Waals surface area contributed by atoms with Gasteiger partial charge in [-0.25, -0.2) is 0 Å². The Labute approximate surface area is 75.6 Å². The Morgan fingerprint density at radius 2 is 2.08 bits per heavy atom. The Morgan fingerprint density at radius 3 is 2.58 bits per heavy atom. The maximum Gasteiger partial charge on any atom is 0.0660 e. The van der Waals surface area contributed by atoms with Gasteiger partial charge < -0.3 is 10.0 Å². The van der Waals surface area contributed by atoms with Gasteiger partial charge >= 0.3 is 0 Å². The average molecular weight is 171 g/mol. The van der Waals surface area contributed by atoms with E-state index in [2.05, 4.69) is 19.0 Å². The topological polar surface area (TPSA) is 23.5 Å². The number of hydrogen-bond acceptors (Lipinski definition) is 2. The highest BCUT2D eigenvalue weighted by atomic mass is 16.3. The Kier molecular flexibility index (Phi) is 3.13. The van der Waals surface area contributed by atoms with E-state index in [1.165, 1.54) is 19.3 Å². The van der Waals surface area contributed by atoms with E-state index in [0.717, 1.165) is 13.0 Å². The maximum absolute atomic E-state index is 10.1. The smallest absolute Gasteiger partial charge is 0.0660 e. The third kappa shape index (κ3) is 2.46. The molecule has 0 radical (unpaired) electrons. The summed E-state index contributed by atoms with van der Waals surface area (Å²) in [5.41, 5.74) is -0.414. The molecule has 0 unspecified atom stereocenters. The second-order valence-corrected chi connectivity index (χ2v) is 4.56. The van der Waals surface area contributed by atoms with Gasteiger partial charge in [0.25, 0.3) is 0 Å². The molecule has 12 heavy (non-hydrogen) atoms. The zero-order valence-corrected chi connectivity index (χ0v) is 8.51. The van der Waals surface area contributed by atoms with E-state index < -0.39 is 5.60 Å². The first-order chi connectivity index (χ1) is 5.52. The lowest BCUT2D eigenvalue weighted by Crippen LogP contribution is -2.42.